The van der Waals surface area contributed by atoms with Gasteiger partial charge in [0.05, 0.1) is 12.6 Å². The molecule has 1 unspecified atom stereocenters. The normalized spacial score (nSPS) is 12.1. The first-order valence-corrected chi connectivity index (χ1v) is 11.1. The molecule has 5 nitrogen and oxygen atoms in total. The Hall–Kier alpha value is -3.38. The van der Waals surface area contributed by atoms with Crippen LogP contribution in [0.1, 0.15) is 58.1 Å². The fourth-order valence-corrected chi connectivity index (χ4v) is 4.20. The smallest absolute Gasteiger partial charge is 0.287 e. The number of pyridine rings is 1. The monoisotopic (exact) mass is 432 g/mol. The lowest BCUT2D eigenvalue weighted by molar-refractivity contribution is 0.0913. The van der Waals surface area contributed by atoms with Crippen molar-refractivity contribution in [2.75, 3.05) is 0 Å². The molecule has 0 radical (unpaired) electrons. The van der Waals surface area contributed by atoms with Crippen LogP contribution in [-0.2, 0) is 6.54 Å². The van der Waals surface area contributed by atoms with Crippen molar-refractivity contribution in [3.63, 3.8) is 0 Å². The first-order valence-electron chi connectivity index (χ1n) is 10.2. The molecule has 158 valence electrons. The third-order valence-corrected chi connectivity index (χ3v) is 6.09. The Kier molecular flexibility index (Phi) is 6.18. The van der Waals surface area contributed by atoms with Crippen molar-refractivity contribution in [1.29, 1.82) is 0 Å². The van der Waals surface area contributed by atoms with E-state index in [9.17, 15) is 9.59 Å². The van der Waals surface area contributed by atoms with Crippen LogP contribution in [0.5, 0.6) is 0 Å². The van der Waals surface area contributed by atoms with Crippen molar-refractivity contribution in [3.05, 3.63) is 116 Å². The standard InChI is InChI=1S/C25H24N2O3S/c1-17(2)18-8-10-19(11-9-18)24(22-6-5-15-31-22)26-25(29)21-13-12-20(30-21)16-27-14-4-3-7-23(27)28/h3-15,17,24H,16H2,1-2H3,(H,26,29). The lowest BCUT2D eigenvalue weighted by atomic mass is 9.98. The molecule has 0 aliphatic heterocycles. The number of carbonyl (C=O) groups excluding carboxylic acids is 1. The molecule has 3 heterocycles. The highest BCUT2D eigenvalue weighted by Gasteiger charge is 2.21. The van der Waals surface area contributed by atoms with Crippen LogP contribution in [-0.4, -0.2) is 10.5 Å². The quantitative estimate of drug-likeness (QED) is 0.437. The molecule has 0 saturated carbocycles. The highest BCUT2D eigenvalue weighted by atomic mass is 32.1. The minimum absolute atomic E-state index is 0.118. The summed E-state index contributed by atoms with van der Waals surface area (Å²) in [6.07, 6.45) is 1.69. The van der Waals surface area contributed by atoms with Gasteiger partial charge >= 0.3 is 0 Å². The van der Waals surface area contributed by atoms with E-state index >= 15 is 0 Å². The highest BCUT2D eigenvalue weighted by molar-refractivity contribution is 7.10. The van der Waals surface area contributed by atoms with Crippen molar-refractivity contribution in [1.82, 2.24) is 9.88 Å². The van der Waals surface area contributed by atoms with Crippen LogP contribution in [0, 0.1) is 0 Å². The molecule has 1 amide bonds. The van der Waals surface area contributed by atoms with Gasteiger partial charge in [0, 0.05) is 17.1 Å². The van der Waals surface area contributed by atoms with Crippen LogP contribution in [0.15, 0.2) is 87.5 Å². The van der Waals surface area contributed by atoms with Gasteiger partial charge in [0.2, 0.25) is 0 Å². The summed E-state index contributed by atoms with van der Waals surface area (Å²) in [5.74, 6) is 0.923. The molecule has 1 aromatic carbocycles. The third-order valence-electron chi connectivity index (χ3n) is 5.15. The Balaban J connectivity index is 1.54. The van der Waals surface area contributed by atoms with Gasteiger partial charge in [0.1, 0.15) is 5.76 Å². The molecule has 31 heavy (non-hydrogen) atoms. The van der Waals surface area contributed by atoms with Crippen molar-refractivity contribution in [3.8, 4) is 0 Å². The number of aromatic nitrogens is 1. The molecule has 0 spiro atoms. The van der Waals surface area contributed by atoms with Crippen LogP contribution in [0.25, 0.3) is 0 Å². The van der Waals surface area contributed by atoms with Gasteiger partial charge in [-0.05, 0) is 46.7 Å². The number of amides is 1. The minimum Gasteiger partial charge on any atom is -0.454 e. The summed E-state index contributed by atoms with van der Waals surface area (Å²) in [6, 6.07) is 20.4. The van der Waals surface area contributed by atoms with Gasteiger partial charge in [-0.3, -0.25) is 9.59 Å². The molecule has 4 aromatic rings. The summed E-state index contributed by atoms with van der Waals surface area (Å²) in [6.45, 7) is 4.59. The van der Waals surface area contributed by atoms with Crippen LogP contribution < -0.4 is 10.9 Å². The van der Waals surface area contributed by atoms with Gasteiger partial charge in [0.25, 0.3) is 11.5 Å². The summed E-state index contributed by atoms with van der Waals surface area (Å²) >= 11 is 1.60. The Labute approximate surface area is 185 Å². The third kappa shape index (κ3) is 4.86. The second-order valence-corrected chi connectivity index (χ2v) is 8.66. The molecular weight excluding hydrogens is 408 g/mol. The van der Waals surface area contributed by atoms with Gasteiger partial charge in [-0.25, -0.2) is 0 Å². The first-order chi connectivity index (χ1) is 15.0. The topological polar surface area (TPSA) is 64.2 Å². The number of hydrogen-bond donors (Lipinski definition) is 1. The molecule has 6 heteroatoms. The maximum atomic E-state index is 13.0. The van der Waals surface area contributed by atoms with Gasteiger partial charge in [-0.15, -0.1) is 11.3 Å². The van der Waals surface area contributed by atoms with E-state index in [4.69, 9.17) is 4.42 Å². The SMILES string of the molecule is CC(C)c1ccc(C(NC(=O)c2ccc(Cn3ccccc3=O)o2)c2cccs2)cc1. The number of hydrogen-bond acceptors (Lipinski definition) is 4. The lowest BCUT2D eigenvalue weighted by Crippen LogP contribution is -2.28. The van der Waals surface area contributed by atoms with E-state index in [-0.39, 0.29) is 29.8 Å². The van der Waals surface area contributed by atoms with Gasteiger partial charge in [-0.1, -0.05) is 50.2 Å². The summed E-state index contributed by atoms with van der Waals surface area (Å²) < 4.78 is 7.27. The number of carbonyl (C=O) groups is 1. The van der Waals surface area contributed by atoms with E-state index in [0.717, 1.165) is 10.4 Å². The first kappa shape index (κ1) is 20.9. The molecule has 0 aliphatic carbocycles. The van der Waals surface area contributed by atoms with Crippen LogP contribution in [0.4, 0.5) is 0 Å². The van der Waals surface area contributed by atoms with Crippen molar-refractivity contribution >= 4 is 17.2 Å². The predicted molar refractivity (Wildman–Crippen MR) is 123 cm³/mol. The molecule has 0 fully saturated rings. The molecule has 0 bridgehead atoms. The van der Waals surface area contributed by atoms with Crippen molar-refractivity contribution < 1.29 is 9.21 Å². The molecule has 1 N–H and O–H groups in total. The van der Waals surface area contributed by atoms with Crippen molar-refractivity contribution in [2.45, 2.75) is 32.4 Å². The Bertz CT molecular complexity index is 1200. The Morgan fingerprint density at radius 1 is 1.00 bits per heavy atom. The Morgan fingerprint density at radius 2 is 1.77 bits per heavy atom. The summed E-state index contributed by atoms with van der Waals surface area (Å²) in [7, 11) is 0. The summed E-state index contributed by atoms with van der Waals surface area (Å²) in [5, 5.41) is 5.10. The zero-order chi connectivity index (χ0) is 21.8. The molecule has 1 atom stereocenters. The van der Waals surface area contributed by atoms with E-state index in [1.807, 2.05) is 17.5 Å². The number of benzene rings is 1. The van der Waals surface area contributed by atoms with E-state index < -0.39 is 0 Å². The van der Waals surface area contributed by atoms with Gasteiger partial charge in [0.15, 0.2) is 5.76 Å². The number of nitrogens with zero attached hydrogens (tertiary/aromatic N) is 1. The van der Waals surface area contributed by atoms with E-state index in [0.29, 0.717) is 11.7 Å². The zero-order valence-corrected chi connectivity index (χ0v) is 18.3. The maximum absolute atomic E-state index is 13.0. The average molecular weight is 433 g/mol. The molecule has 4 rings (SSSR count). The van der Waals surface area contributed by atoms with Crippen LogP contribution >= 0.6 is 11.3 Å². The molecular formula is C25H24N2O3S. The molecule has 0 aliphatic rings. The summed E-state index contributed by atoms with van der Waals surface area (Å²) in [5.41, 5.74) is 2.15. The van der Waals surface area contributed by atoms with E-state index in [1.165, 1.54) is 16.2 Å². The predicted octanol–water partition coefficient (Wildman–Crippen LogP) is 5.19. The highest BCUT2D eigenvalue weighted by Crippen LogP contribution is 2.28. The fraction of sp³-hybridized carbons (Fsp3) is 0.200. The fourth-order valence-electron chi connectivity index (χ4n) is 3.39. The van der Waals surface area contributed by atoms with E-state index in [2.05, 4.69) is 43.4 Å². The number of thiophene rings is 1. The summed E-state index contributed by atoms with van der Waals surface area (Å²) in [4.78, 5) is 25.9. The van der Waals surface area contributed by atoms with E-state index in [1.54, 1.807) is 41.8 Å². The van der Waals surface area contributed by atoms with Crippen molar-refractivity contribution in [2.24, 2.45) is 0 Å². The largest absolute Gasteiger partial charge is 0.454 e. The number of furan rings is 1. The zero-order valence-electron chi connectivity index (χ0n) is 17.4. The van der Waals surface area contributed by atoms with Gasteiger partial charge < -0.3 is 14.3 Å². The Morgan fingerprint density at radius 3 is 2.45 bits per heavy atom. The van der Waals surface area contributed by atoms with Crippen LogP contribution in [0.2, 0.25) is 0 Å². The second kappa shape index (κ2) is 9.18. The molecule has 0 saturated heterocycles. The second-order valence-electron chi connectivity index (χ2n) is 7.68. The van der Waals surface area contributed by atoms with Gasteiger partial charge in [-0.2, -0.15) is 0 Å². The minimum atomic E-state index is -0.294. The lowest BCUT2D eigenvalue weighted by Gasteiger charge is -2.18. The molecule has 3 aromatic heterocycles. The maximum Gasteiger partial charge on any atom is 0.287 e. The average Bonchev–Trinajstić information content (AvgIpc) is 3.46. The number of nitrogens with one attached hydrogen (secondary N) is 1. The van der Waals surface area contributed by atoms with Crippen LogP contribution in [0.3, 0.4) is 0 Å². The number of rotatable bonds is 7.